The first-order chi connectivity index (χ1) is 9.19. The summed E-state index contributed by atoms with van der Waals surface area (Å²) in [6.07, 6.45) is 4.24. The smallest absolute Gasteiger partial charge is 0.399 e. The monoisotopic (exact) mass is 298 g/mol. The van der Waals surface area contributed by atoms with Crippen molar-refractivity contribution in [2.75, 3.05) is 0 Å². The summed E-state index contributed by atoms with van der Waals surface area (Å²) >= 11 is 11.8. The fourth-order valence-electron chi connectivity index (χ4n) is 1.64. The molecule has 0 bridgehead atoms. The van der Waals surface area contributed by atoms with Gasteiger partial charge in [-0.2, -0.15) is 4.98 Å². The third-order valence-electron chi connectivity index (χ3n) is 2.72. The van der Waals surface area contributed by atoms with Crippen molar-refractivity contribution in [2.24, 2.45) is 0 Å². The molecule has 0 unspecified atom stereocenters. The van der Waals surface area contributed by atoms with Crippen LogP contribution in [0, 0.1) is 0 Å². The van der Waals surface area contributed by atoms with Crippen molar-refractivity contribution in [1.82, 2.24) is 10.3 Å². The molecule has 6 heteroatoms. The average molecular weight is 299 g/mol. The summed E-state index contributed by atoms with van der Waals surface area (Å²) in [7, 11) is 0. The minimum atomic E-state index is 0.186. The number of hydrogen-bond acceptors (Lipinski definition) is 4. The van der Waals surface area contributed by atoms with Crippen LogP contribution in [0.2, 0.25) is 10.0 Å². The van der Waals surface area contributed by atoms with Crippen molar-refractivity contribution in [3.05, 3.63) is 40.2 Å². The molecule has 2 aromatic rings. The van der Waals surface area contributed by atoms with E-state index in [9.17, 15) is 0 Å². The molecule has 0 spiro atoms. The van der Waals surface area contributed by atoms with E-state index in [1.807, 2.05) is 0 Å². The molecule has 1 fully saturated rings. The fourth-order valence-corrected chi connectivity index (χ4v) is 2.15. The summed E-state index contributed by atoms with van der Waals surface area (Å²) in [4.78, 5) is 4.23. The van der Waals surface area contributed by atoms with Crippen LogP contribution in [0.3, 0.4) is 0 Å². The molecule has 1 N–H and O–H groups in total. The Morgan fingerprint density at radius 1 is 1.26 bits per heavy atom. The van der Waals surface area contributed by atoms with Crippen molar-refractivity contribution in [3.8, 4) is 11.8 Å². The number of rotatable bonds is 5. The largest absolute Gasteiger partial charge is 0.417 e. The Balaban J connectivity index is 1.65. The maximum atomic E-state index is 5.89. The highest BCUT2D eigenvalue weighted by Crippen LogP contribution is 2.28. The van der Waals surface area contributed by atoms with Gasteiger partial charge in [0.25, 0.3) is 0 Å². The minimum Gasteiger partial charge on any atom is -0.417 e. The SMILES string of the molecule is Clc1cc(Cl)cc(Oc2nc(CNC3CC3)co2)c1. The Bertz CT molecular complexity index is 562. The lowest BCUT2D eigenvalue weighted by Crippen LogP contribution is -2.15. The lowest BCUT2D eigenvalue weighted by atomic mass is 10.3. The molecule has 0 amide bonds. The van der Waals surface area contributed by atoms with Gasteiger partial charge in [-0.3, -0.25) is 0 Å². The molecule has 1 aliphatic rings. The highest BCUT2D eigenvalue weighted by Gasteiger charge is 2.20. The van der Waals surface area contributed by atoms with Gasteiger partial charge in [0.15, 0.2) is 0 Å². The van der Waals surface area contributed by atoms with Gasteiger partial charge < -0.3 is 14.5 Å². The van der Waals surface area contributed by atoms with Crippen LogP contribution < -0.4 is 10.1 Å². The standard InChI is InChI=1S/C13H12Cl2N2O2/c14-8-3-9(15)5-12(4-8)19-13-17-11(7-18-13)6-16-10-1-2-10/h3-5,7,10,16H,1-2,6H2. The van der Waals surface area contributed by atoms with Crippen LogP contribution in [0.15, 0.2) is 28.9 Å². The normalized spacial score (nSPS) is 14.6. The van der Waals surface area contributed by atoms with Crippen LogP contribution in [-0.4, -0.2) is 11.0 Å². The second-order valence-corrected chi connectivity index (χ2v) is 5.34. The van der Waals surface area contributed by atoms with E-state index in [4.69, 9.17) is 32.4 Å². The van der Waals surface area contributed by atoms with Crippen molar-refractivity contribution in [1.29, 1.82) is 0 Å². The van der Waals surface area contributed by atoms with E-state index >= 15 is 0 Å². The van der Waals surface area contributed by atoms with E-state index in [2.05, 4.69) is 10.3 Å². The predicted octanol–water partition coefficient (Wildman–Crippen LogP) is 4.03. The quantitative estimate of drug-likeness (QED) is 0.905. The van der Waals surface area contributed by atoms with Crippen LogP contribution in [0.4, 0.5) is 0 Å². The number of aromatic nitrogens is 1. The predicted molar refractivity (Wildman–Crippen MR) is 72.9 cm³/mol. The third kappa shape index (κ3) is 3.62. The highest BCUT2D eigenvalue weighted by atomic mass is 35.5. The van der Waals surface area contributed by atoms with Gasteiger partial charge in [0, 0.05) is 22.6 Å². The lowest BCUT2D eigenvalue weighted by molar-refractivity contribution is 0.331. The molecule has 1 aromatic carbocycles. The number of benzene rings is 1. The van der Waals surface area contributed by atoms with Gasteiger partial charge in [-0.05, 0) is 31.0 Å². The Hall–Kier alpha value is -1.23. The summed E-state index contributed by atoms with van der Waals surface area (Å²) in [5.41, 5.74) is 0.815. The lowest BCUT2D eigenvalue weighted by Gasteiger charge is -2.01. The molecular weight excluding hydrogens is 287 g/mol. The zero-order chi connectivity index (χ0) is 13.2. The first-order valence-corrected chi connectivity index (χ1v) is 6.76. The molecule has 0 saturated heterocycles. The fraction of sp³-hybridized carbons (Fsp3) is 0.308. The molecule has 1 heterocycles. The van der Waals surface area contributed by atoms with Gasteiger partial charge in [0.05, 0.1) is 5.69 Å². The van der Waals surface area contributed by atoms with Gasteiger partial charge in [0.1, 0.15) is 12.0 Å². The molecule has 19 heavy (non-hydrogen) atoms. The van der Waals surface area contributed by atoms with Crippen LogP contribution in [0.25, 0.3) is 0 Å². The minimum absolute atomic E-state index is 0.186. The zero-order valence-corrected chi connectivity index (χ0v) is 11.5. The summed E-state index contributed by atoms with van der Waals surface area (Å²) in [5.74, 6) is 0.501. The first-order valence-electron chi connectivity index (χ1n) is 6.01. The number of halogens is 2. The summed E-state index contributed by atoms with van der Waals surface area (Å²) in [6.45, 7) is 0.688. The van der Waals surface area contributed by atoms with Crippen molar-refractivity contribution >= 4 is 23.2 Å². The number of oxazole rings is 1. The molecule has 1 aliphatic carbocycles. The third-order valence-corrected chi connectivity index (χ3v) is 3.16. The number of hydrogen-bond donors (Lipinski definition) is 1. The van der Waals surface area contributed by atoms with E-state index in [-0.39, 0.29) is 6.08 Å². The topological polar surface area (TPSA) is 47.3 Å². The van der Waals surface area contributed by atoms with Crippen LogP contribution in [0.1, 0.15) is 18.5 Å². The molecule has 1 aromatic heterocycles. The highest BCUT2D eigenvalue weighted by molar-refractivity contribution is 6.34. The number of ether oxygens (including phenoxy) is 1. The number of nitrogens with zero attached hydrogens (tertiary/aromatic N) is 1. The van der Waals surface area contributed by atoms with E-state index in [1.165, 1.54) is 12.8 Å². The second kappa shape index (κ2) is 5.41. The van der Waals surface area contributed by atoms with Crippen LogP contribution in [-0.2, 0) is 6.54 Å². The maximum Gasteiger partial charge on any atom is 0.399 e. The van der Waals surface area contributed by atoms with Gasteiger partial charge >= 0.3 is 6.08 Å². The molecule has 0 radical (unpaired) electrons. The Morgan fingerprint density at radius 2 is 2.00 bits per heavy atom. The molecule has 4 nitrogen and oxygen atoms in total. The van der Waals surface area contributed by atoms with Crippen LogP contribution >= 0.6 is 23.2 Å². The van der Waals surface area contributed by atoms with E-state index in [0.29, 0.717) is 28.4 Å². The van der Waals surface area contributed by atoms with Gasteiger partial charge in [-0.25, -0.2) is 0 Å². The molecule has 100 valence electrons. The zero-order valence-electron chi connectivity index (χ0n) is 10.0. The van der Waals surface area contributed by atoms with Crippen molar-refractivity contribution in [2.45, 2.75) is 25.4 Å². The molecule has 0 aliphatic heterocycles. The second-order valence-electron chi connectivity index (χ2n) is 4.47. The molecule has 0 atom stereocenters. The average Bonchev–Trinajstić information content (AvgIpc) is 3.06. The number of nitrogens with one attached hydrogen (secondary N) is 1. The van der Waals surface area contributed by atoms with E-state index in [1.54, 1.807) is 24.5 Å². The summed E-state index contributed by atoms with van der Waals surface area (Å²) in [6, 6.07) is 5.57. The van der Waals surface area contributed by atoms with Crippen LogP contribution in [0.5, 0.6) is 11.8 Å². The van der Waals surface area contributed by atoms with E-state index < -0.39 is 0 Å². The Morgan fingerprint density at radius 3 is 2.68 bits per heavy atom. The van der Waals surface area contributed by atoms with E-state index in [0.717, 1.165) is 5.69 Å². The first kappa shape index (κ1) is 12.8. The maximum absolute atomic E-state index is 5.89. The molecule has 1 saturated carbocycles. The summed E-state index contributed by atoms with van der Waals surface area (Å²) < 4.78 is 10.7. The van der Waals surface area contributed by atoms with Gasteiger partial charge in [0.2, 0.25) is 0 Å². The molecular formula is C13H12Cl2N2O2. The molecule has 3 rings (SSSR count). The van der Waals surface area contributed by atoms with Crippen molar-refractivity contribution in [3.63, 3.8) is 0 Å². The van der Waals surface area contributed by atoms with Gasteiger partial charge in [-0.1, -0.05) is 23.2 Å². The summed E-state index contributed by atoms with van der Waals surface area (Å²) in [5, 5.41) is 4.36. The van der Waals surface area contributed by atoms with Crippen molar-refractivity contribution < 1.29 is 9.15 Å². The van der Waals surface area contributed by atoms with Gasteiger partial charge in [-0.15, -0.1) is 0 Å². The Kier molecular flexibility index (Phi) is 3.64. The Labute approximate surface area is 120 Å².